The predicted octanol–water partition coefficient (Wildman–Crippen LogP) is 5.74. The molecule has 0 aliphatic heterocycles. The van der Waals surface area contributed by atoms with Gasteiger partial charge in [0.25, 0.3) is 17.4 Å². The number of benzene rings is 2. The molecule has 0 saturated carbocycles. The molecule has 0 aliphatic rings. The van der Waals surface area contributed by atoms with E-state index < -0.39 is 17.4 Å². The number of hydrogen-bond donors (Lipinski definition) is 2. The minimum atomic E-state index is -0.564. The number of nitrogens with one attached hydrogen (secondary N) is 2. The van der Waals surface area contributed by atoms with Crippen LogP contribution in [0.1, 0.15) is 57.2 Å². The Balaban J connectivity index is 1.79. The van der Waals surface area contributed by atoms with Gasteiger partial charge in [-0.25, -0.2) is 9.38 Å². The number of carbonyl (C=O) groups excluding carboxylic acids is 2. The Morgan fingerprint density at radius 1 is 1.03 bits per heavy atom. The van der Waals surface area contributed by atoms with Crippen LogP contribution in [0.25, 0.3) is 4.96 Å². The molecule has 2 aromatic heterocycles. The van der Waals surface area contributed by atoms with Crippen LogP contribution in [0.15, 0.2) is 53.3 Å². The summed E-state index contributed by atoms with van der Waals surface area (Å²) in [7, 11) is 0. The molecule has 0 unspecified atom stereocenters. The predicted molar refractivity (Wildman–Crippen MR) is 141 cm³/mol. The molecule has 7 nitrogen and oxygen atoms in total. The molecule has 35 heavy (non-hydrogen) atoms. The fraction of sp³-hybridized carbons (Fsp3) is 0.231. The summed E-state index contributed by atoms with van der Waals surface area (Å²) in [5.41, 5.74) is 3.21. The summed E-state index contributed by atoms with van der Waals surface area (Å²) >= 11 is 7.05. The van der Waals surface area contributed by atoms with E-state index in [0.717, 1.165) is 35.3 Å². The van der Waals surface area contributed by atoms with Gasteiger partial charge < -0.3 is 10.6 Å². The van der Waals surface area contributed by atoms with Crippen LogP contribution in [0, 0.1) is 6.92 Å². The van der Waals surface area contributed by atoms with Crippen LogP contribution < -0.4 is 16.2 Å². The number of aromatic nitrogens is 2. The summed E-state index contributed by atoms with van der Waals surface area (Å²) in [5, 5.41) is 6.20. The zero-order valence-electron chi connectivity index (χ0n) is 19.6. The third-order valence-corrected chi connectivity index (χ3v) is 6.83. The standard InChI is InChI=1S/C26H25ClN4O3S/c1-4-6-19-14-21(32)31-22(24(33)28-18-10-7-16(5-2)8-11-18)23(35-26(31)29-19)25(34)30-20-12-9-17(27)13-15(20)3/h7-14H,4-6H2,1-3H3,(H,28,33)(H,30,34). The van der Waals surface area contributed by atoms with Gasteiger partial charge in [0.1, 0.15) is 10.6 Å². The second kappa shape index (κ2) is 10.4. The van der Waals surface area contributed by atoms with Gasteiger partial charge >= 0.3 is 0 Å². The van der Waals surface area contributed by atoms with Crippen molar-refractivity contribution in [3.05, 3.63) is 91.3 Å². The van der Waals surface area contributed by atoms with Crippen molar-refractivity contribution < 1.29 is 9.59 Å². The normalized spacial score (nSPS) is 11.0. The average molecular weight is 509 g/mol. The number of anilines is 2. The monoisotopic (exact) mass is 508 g/mol. The molecular weight excluding hydrogens is 484 g/mol. The number of halogens is 1. The quantitative estimate of drug-likeness (QED) is 0.333. The highest BCUT2D eigenvalue weighted by Crippen LogP contribution is 2.26. The maximum atomic E-state index is 13.4. The smallest absolute Gasteiger partial charge is 0.274 e. The lowest BCUT2D eigenvalue weighted by Crippen LogP contribution is -2.25. The number of carbonyl (C=O) groups is 2. The largest absolute Gasteiger partial charge is 0.321 e. The van der Waals surface area contributed by atoms with Crippen molar-refractivity contribution in [1.82, 2.24) is 9.38 Å². The molecule has 0 radical (unpaired) electrons. The van der Waals surface area contributed by atoms with Crippen molar-refractivity contribution in [3.63, 3.8) is 0 Å². The summed E-state index contributed by atoms with van der Waals surface area (Å²) in [6.45, 7) is 5.86. The molecule has 0 fully saturated rings. The highest BCUT2D eigenvalue weighted by atomic mass is 35.5. The first-order valence-electron chi connectivity index (χ1n) is 11.3. The van der Waals surface area contributed by atoms with Crippen molar-refractivity contribution in [3.8, 4) is 0 Å². The lowest BCUT2D eigenvalue weighted by Gasteiger charge is -2.10. The van der Waals surface area contributed by atoms with E-state index in [9.17, 15) is 14.4 Å². The molecule has 2 N–H and O–H groups in total. The number of aryl methyl sites for hydroxylation is 3. The van der Waals surface area contributed by atoms with Gasteiger partial charge in [0.15, 0.2) is 4.96 Å². The van der Waals surface area contributed by atoms with E-state index in [1.807, 2.05) is 32.9 Å². The van der Waals surface area contributed by atoms with E-state index in [0.29, 0.717) is 33.5 Å². The fourth-order valence-electron chi connectivity index (χ4n) is 3.73. The van der Waals surface area contributed by atoms with Gasteiger partial charge in [-0.2, -0.15) is 0 Å². The minimum absolute atomic E-state index is 0.0470. The Morgan fingerprint density at radius 2 is 1.77 bits per heavy atom. The second-order valence-corrected chi connectivity index (χ2v) is 9.57. The molecule has 180 valence electrons. The third kappa shape index (κ3) is 5.28. The van der Waals surface area contributed by atoms with Crippen molar-refractivity contribution >= 4 is 51.1 Å². The molecule has 0 aliphatic carbocycles. The third-order valence-electron chi connectivity index (χ3n) is 5.56. The zero-order valence-corrected chi connectivity index (χ0v) is 21.2. The molecule has 2 amide bonds. The molecule has 0 spiro atoms. The Labute approximate surface area is 211 Å². The van der Waals surface area contributed by atoms with Gasteiger partial charge in [-0.15, -0.1) is 0 Å². The zero-order chi connectivity index (χ0) is 25.1. The van der Waals surface area contributed by atoms with Crippen LogP contribution in [0.2, 0.25) is 5.02 Å². The number of fused-ring (bicyclic) bond motifs is 1. The molecule has 4 aromatic rings. The van der Waals surface area contributed by atoms with Crippen LogP contribution in [0.5, 0.6) is 0 Å². The Kier molecular flexibility index (Phi) is 7.33. The van der Waals surface area contributed by atoms with Crippen molar-refractivity contribution in [2.75, 3.05) is 10.6 Å². The fourth-order valence-corrected chi connectivity index (χ4v) is 4.99. The number of nitrogens with zero attached hydrogens (tertiary/aromatic N) is 2. The van der Waals surface area contributed by atoms with Gasteiger partial charge in [-0.3, -0.25) is 14.4 Å². The summed E-state index contributed by atoms with van der Waals surface area (Å²) in [4.78, 5) is 44.7. The first-order chi connectivity index (χ1) is 16.8. The maximum absolute atomic E-state index is 13.4. The lowest BCUT2D eigenvalue weighted by atomic mass is 10.1. The van der Waals surface area contributed by atoms with Gasteiger partial charge in [-0.1, -0.05) is 55.3 Å². The summed E-state index contributed by atoms with van der Waals surface area (Å²) < 4.78 is 1.21. The molecule has 0 saturated heterocycles. The van der Waals surface area contributed by atoms with E-state index in [-0.39, 0.29) is 10.6 Å². The van der Waals surface area contributed by atoms with E-state index >= 15 is 0 Å². The molecule has 4 rings (SSSR count). The van der Waals surface area contributed by atoms with Crippen LogP contribution in [-0.2, 0) is 12.8 Å². The Hall–Kier alpha value is -3.49. The number of amides is 2. The van der Waals surface area contributed by atoms with Crippen molar-refractivity contribution in [1.29, 1.82) is 0 Å². The van der Waals surface area contributed by atoms with E-state index in [1.165, 1.54) is 10.5 Å². The van der Waals surface area contributed by atoms with Crippen LogP contribution in [0.3, 0.4) is 0 Å². The van der Waals surface area contributed by atoms with Gasteiger partial charge in [0, 0.05) is 28.2 Å². The highest BCUT2D eigenvalue weighted by molar-refractivity contribution is 7.19. The number of hydrogen-bond acceptors (Lipinski definition) is 5. The van der Waals surface area contributed by atoms with Crippen molar-refractivity contribution in [2.45, 2.75) is 40.0 Å². The van der Waals surface area contributed by atoms with Crippen LogP contribution in [-0.4, -0.2) is 21.2 Å². The molecule has 0 bridgehead atoms. The average Bonchev–Trinajstić information content (AvgIpc) is 3.22. The maximum Gasteiger partial charge on any atom is 0.274 e. The number of thiazole rings is 1. The second-order valence-electron chi connectivity index (χ2n) is 8.15. The van der Waals surface area contributed by atoms with Crippen LogP contribution in [0.4, 0.5) is 11.4 Å². The molecular formula is C26H25ClN4O3S. The SMILES string of the molecule is CCCc1cc(=O)n2c(C(=O)Nc3ccc(CC)cc3)c(C(=O)Nc3ccc(Cl)cc3C)sc2n1. The van der Waals surface area contributed by atoms with Gasteiger partial charge in [0.05, 0.1) is 0 Å². The molecule has 2 heterocycles. The lowest BCUT2D eigenvalue weighted by molar-refractivity contribution is 0.0989. The van der Waals surface area contributed by atoms with Crippen LogP contribution >= 0.6 is 22.9 Å². The molecule has 9 heteroatoms. The molecule has 0 atom stereocenters. The summed E-state index contributed by atoms with van der Waals surface area (Å²) in [5.74, 6) is -1.07. The van der Waals surface area contributed by atoms with Gasteiger partial charge in [-0.05, 0) is 61.2 Å². The summed E-state index contributed by atoms with van der Waals surface area (Å²) in [6.07, 6.45) is 2.32. The van der Waals surface area contributed by atoms with E-state index in [2.05, 4.69) is 15.6 Å². The minimum Gasteiger partial charge on any atom is -0.321 e. The van der Waals surface area contributed by atoms with E-state index in [1.54, 1.807) is 30.3 Å². The molecule has 2 aromatic carbocycles. The Morgan fingerprint density at radius 3 is 2.43 bits per heavy atom. The highest BCUT2D eigenvalue weighted by Gasteiger charge is 2.27. The van der Waals surface area contributed by atoms with Crippen molar-refractivity contribution in [2.24, 2.45) is 0 Å². The first kappa shape index (κ1) is 24.6. The first-order valence-corrected chi connectivity index (χ1v) is 12.5. The summed E-state index contributed by atoms with van der Waals surface area (Å²) in [6, 6.07) is 13.9. The van der Waals surface area contributed by atoms with E-state index in [4.69, 9.17) is 11.6 Å². The Bertz CT molecular complexity index is 1470. The number of rotatable bonds is 7. The topological polar surface area (TPSA) is 92.6 Å². The van der Waals surface area contributed by atoms with Gasteiger partial charge in [0.2, 0.25) is 0 Å².